The van der Waals surface area contributed by atoms with Crippen molar-refractivity contribution >= 4 is 0 Å². The van der Waals surface area contributed by atoms with Gasteiger partial charge in [0.05, 0.1) is 13.7 Å². The highest BCUT2D eigenvalue weighted by Gasteiger charge is 2.12. The van der Waals surface area contributed by atoms with Crippen LogP contribution in [0.15, 0.2) is 22.6 Å². The summed E-state index contributed by atoms with van der Waals surface area (Å²) in [6.07, 6.45) is 0.789. The Hall–Kier alpha value is -1.74. The van der Waals surface area contributed by atoms with Crippen molar-refractivity contribution in [1.29, 1.82) is 0 Å². The molecule has 1 aromatic carbocycles. The second kappa shape index (κ2) is 5.49. The maximum absolute atomic E-state index is 5.67. The van der Waals surface area contributed by atoms with Crippen LogP contribution in [-0.4, -0.2) is 7.11 Å². The van der Waals surface area contributed by atoms with Gasteiger partial charge in [0, 0.05) is 6.42 Å². The summed E-state index contributed by atoms with van der Waals surface area (Å²) in [7, 11) is 1.72. The standard InChI is InChI=1S/C16H21NO2/c1-10-7-13(11(2)12(3)16(10)18-4)8-14-5-6-15(9-17)19-14/h5-7H,8-9,17H2,1-4H3. The third-order valence-corrected chi connectivity index (χ3v) is 3.62. The van der Waals surface area contributed by atoms with Crippen molar-refractivity contribution in [3.63, 3.8) is 0 Å². The molecule has 0 amide bonds. The Labute approximate surface area is 114 Å². The van der Waals surface area contributed by atoms with E-state index in [2.05, 4.69) is 26.8 Å². The van der Waals surface area contributed by atoms with Crippen LogP contribution in [0.5, 0.6) is 5.75 Å². The van der Waals surface area contributed by atoms with Crippen molar-refractivity contribution < 1.29 is 9.15 Å². The van der Waals surface area contributed by atoms with Gasteiger partial charge < -0.3 is 14.9 Å². The number of hydrogen-bond donors (Lipinski definition) is 1. The summed E-state index contributed by atoms with van der Waals surface area (Å²) in [6, 6.07) is 6.11. The molecule has 0 unspecified atom stereocenters. The molecule has 1 aromatic heterocycles. The molecule has 0 atom stereocenters. The highest BCUT2D eigenvalue weighted by atomic mass is 16.5. The van der Waals surface area contributed by atoms with E-state index in [1.54, 1.807) is 7.11 Å². The van der Waals surface area contributed by atoms with Crippen LogP contribution in [0, 0.1) is 20.8 Å². The lowest BCUT2D eigenvalue weighted by atomic mass is 9.96. The van der Waals surface area contributed by atoms with Crippen LogP contribution in [-0.2, 0) is 13.0 Å². The van der Waals surface area contributed by atoms with Gasteiger partial charge in [-0.2, -0.15) is 0 Å². The number of furan rings is 1. The highest BCUT2D eigenvalue weighted by Crippen LogP contribution is 2.29. The predicted octanol–water partition coefficient (Wildman–Crippen LogP) is 3.26. The number of aryl methyl sites for hydroxylation is 1. The van der Waals surface area contributed by atoms with Gasteiger partial charge >= 0.3 is 0 Å². The fourth-order valence-electron chi connectivity index (χ4n) is 2.45. The van der Waals surface area contributed by atoms with Gasteiger partial charge in [-0.3, -0.25) is 0 Å². The van der Waals surface area contributed by atoms with Crippen LogP contribution in [0.2, 0.25) is 0 Å². The highest BCUT2D eigenvalue weighted by molar-refractivity contribution is 5.49. The Morgan fingerprint density at radius 3 is 2.37 bits per heavy atom. The van der Waals surface area contributed by atoms with E-state index in [-0.39, 0.29) is 0 Å². The number of hydrogen-bond acceptors (Lipinski definition) is 3. The van der Waals surface area contributed by atoms with Gasteiger partial charge in [0.15, 0.2) is 0 Å². The van der Waals surface area contributed by atoms with E-state index in [0.717, 1.165) is 29.3 Å². The van der Waals surface area contributed by atoms with E-state index in [4.69, 9.17) is 14.9 Å². The minimum Gasteiger partial charge on any atom is -0.496 e. The molecule has 0 spiro atoms. The lowest BCUT2D eigenvalue weighted by Gasteiger charge is -2.15. The fourth-order valence-corrected chi connectivity index (χ4v) is 2.45. The average Bonchev–Trinajstić information content (AvgIpc) is 2.84. The fraction of sp³-hybridized carbons (Fsp3) is 0.375. The molecule has 0 fully saturated rings. The van der Waals surface area contributed by atoms with E-state index in [1.165, 1.54) is 16.7 Å². The maximum Gasteiger partial charge on any atom is 0.124 e. The van der Waals surface area contributed by atoms with E-state index >= 15 is 0 Å². The van der Waals surface area contributed by atoms with E-state index in [0.29, 0.717) is 6.54 Å². The molecule has 3 nitrogen and oxygen atoms in total. The van der Waals surface area contributed by atoms with E-state index < -0.39 is 0 Å². The van der Waals surface area contributed by atoms with E-state index in [1.807, 2.05) is 12.1 Å². The Morgan fingerprint density at radius 2 is 1.79 bits per heavy atom. The summed E-state index contributed by atoms with van der Waals surface area (Å²) in [5.41, 5.74) is 10.4. The summed E-state index contributed by atoms with van der Waals surface area (Å²) in [5, 5.41) is 0. The molecule has 0 radical (unpaired) electrons. The van der Waals surface area contributed by atoms with Crippen LogP contribution >= 0.6 is 0 Å². The summed E-state index contributed by atoms with van der Waals surface area (Å²) >= 11 is 0. The van der Waals surface area contributed by atoms with Gasteiger partial charge in [-0.25, -0.2) is 0 Å². The maximum atomic E-state index is 5.67. The van der Waals surface area contributed by atoms with E-state index in [9.17, 15) is 0 Å². The largest absolute Gasteiger partial charge is 0.496 e. The molecular weight excluding hydrogens is 238 g/mol. The molecule has 0 aliphatic heterocycles. The van der Waals surface area contributed by atoms with Gasteiger partial charge in [-0.15, -0.1) is 0 Å². The molecule has 0 aliphatic carbocycles. The average molecular weight is 259 g/mol. The van der Waals surface area contributed by atoms with Gasteiger partial charge in [0.2, 0.25) is 0 Å². The molecule has 19 heavy (non-hydrogen) atoms. The second-order valence-electron chi connectivity index (χ2n) is 4.88. The number of benzene rings is 1. The van der Waals surface area contributed by atoms with Crippen molar-refractivity contribution in [2.75, 3.05) is 7.11 Å². The monoisotopic (exact) mass is 259 g/mol. The SMILES string of the molecule is COc1c(C)cc(Cc2ccc(CN)o2)c(C)c1C. The van der Waals surface area contributed by atoms with Gasteiger partial charge in [-0.1, -0.05) is 6.07 Å². The number of rotatable bonds is 4. The molecule has 102 valence electrons. The molecule has 1 heterocycles. The molecular formula is C16H21NO2. The Morgan fingerprint density at radius 1 is 1.11 bits per heavy atom. The number of nitrogens with two attached hydrogens (primary N) is 1. The first-order chi connectivity index (χ1) is 9.06. The van der Waals surface area contributed by atoms with Crippen LogP contribution in [0.3, 0.4) is 0 Å². The summed E-state index contributed by atoms with van der Waals surface area (Å²) in [4.78, 5) is 0. The minimum atomic E-state index is 0.444. The van der Waals surface area contributed by atoms with Crippen molar-refractivity contribution in [2.24, 2.45) is 5.73 Å². The first-order valence-electron chi connectivity index (χ1n) is 6.48. The lowest BCUT2D eigenvalue weighted by Crippen LogP contribution is -1.99. The molecule has 2 N–H and O–H groups in total. The zero-order chi connectivity index (χ0) is 14.0. The first-order valence-corrected chi connectivity index (χ1v) is 6.48. The minimum absolute atomic E-state index is 0.444. The zero-order valence-corrected chi connectivity index (χ0v) is 12.0. The normalized spacial score (nSPS) is 10.8. The summed E-state index contributed by atoms with van der Waals surface area (Å²) in [6.45, 7) is 6.74. The zero-order valence-electron chi connectivity index (χ0n) is 12.0. The molecule has 2 aromatic rings. The molecule has 0 bridgehead atoms. The summed E-state index contributed by atoms with van der Waals surface area (Å²) < 4.78 is 11.1. The van der Waals surface area contributed by atoms with Crippen molar-refractivity contribution in [3.05, 3.63) is 52.0 Å². The quantitative estimate of drug-likeness (QED) is 0.916. The van der Waals surface area contributed by atoms with Gasteiger partial charge in [0.1, 0.15) is 17.3 Å². The molecule has 0 aliphatic rings. The van der Waals surface area contributed by atoms with Crippen LogP contribution in [0.1, 0.15) is 33.8 Å². The molecule has 0 saturated carbocycles. The molecule has 0 saturated heterocycles. The third kappa shape index (κ3) is 2.66. The third-order valence-electron chi connectivity index (χ3n) is 3.62. The smallest absolute Gasteiger partial charge is 0.124 e. The van der Waals surface area contributed by atoms with Crippen molar-refractivity contribution in [2.45, 2.75) is 33.7 Å². The summed E-state index contributed by atoms with van der Waals surface area (Å²) in [5.74, 6) is 2.76. The van der Waals surface area contributed by atoms with Crippen LogP contribution < -0.4 is 10.5 Å². The van der Waals surface area contributed by atoms with Crippen molar-refractivity contribution in [3.8, 4) is 5.75 Å². The van der Waals surface area contributed by atoms with Crippen LogP contribution in [0.25, 0.3) is 0 Å². The molecule has 2 rings (SSSR count). The molecule has 3 heteroatoms. The first kappa shape index (κ1) is 13.7. The number of ether oxygens (including phenoxy) is 1. The topological polar surface area (TPSA) is 48.4 Å². The van der Waals surface area contributed by atoms with Crippen molar-refractivity contribution in [1.82, 2.24) is 0 Å². The Bertz CT molecular complexity index is 585. The number of methoxy groups -OCH3 is 1. The predicted molar refractivity (Wildman–Crippen MR) is 76.6 cm³/mol. The Balaban J connectivity index is 2.35. The second-order valence-corrected chi connectivity index (χ2v) is 4.88. The van der Waals surface area contributed by atoms with Gasteiger partial charge in [-0.05, 0) is 55.2 Å². The van der Waals surface area contributed by atoms with Crippen LogP contribution in [0.4, 0.5) is 0 Å². The van der Waals surface area contributed by atoms with Gasteiger partial charge in [0.25, 0.3) is 0 Å². The Kier molecular flexibility index (Phi) is 3.96. The lowest BCUT2D eigenvalue weighted by molar-refractivity contribution is 0.408.